The molecule has 6 heteroatoms. The van der Waals surface area contributed by atoms with Gasteiger partial charge >= 0.3 is 0 Å². The molecule has 0 radical (unpaired) electrons. The summed E-state index contributed by atoms with van der Waals surface area (Å²) in [6, 6.07) is 68.0. The third-order valence-corrected chi connectivity index (χ3v) is 13.5. The highest BCUT2D eigenvalue weighted by molar-refractivity contribution is 6.20. The molecule has 3 aromatic heterocycles. The highest BCUT2D eigenvalue weighted by Gasteiger charge is 2.19. The highest BCUT2D eigenvalue weighted by Crippen LogP contribution is 2.42. The summed E-state index contributed by atoms with van der Waals surface area (Å²) >= 11 is 0. The molecule has 6 nitrogen and oxygen atoms in total. The number of nitrogens with one attached hydrogen (secondary N) is 1. The monoisotopic (exact) mass is 900 g/mol. The summed E-state index contributed by atoms with van der Waals surface area (Å²) in [6.07, 6.45) is 5.79. The minimum Gasteiger partial charge on any atom is -0.456 e. The second-order valence-electron chi connectivity index (χ2n) is 17.3. The molecule has 70 heavy (non-hydrogen) atoms. The van der Waals surface area contributed by atoms with Crippen molar-refractivity contribution in [2.45, 2.75) is 6.54 Å². The summed E-state index contributed by atoms with van der Waals surface area (Å²) in [5, 5.41) is 16.6. The van der Waals surface area contributed by atoms with E-state index in [9.17, 15) is 0 Å². The van der Waals surface area contributed by atoms with E-state index >= 15 is 0 Å². The fourth-order valence-corrected chi connectivity index (χ4v) is 10.4. The predicted octanol–water partition coefficient (Wildman–Crippen LogP) is 17.2. The van der Waals surface area contributed by atoms with Crippen LogP contribution in [0.3, 0.4) is 0 Å². The van der Waals surface area contributed by atoms with Crippen LogP contribution in [0, 0.1) is 5.41 Å². The molecule has 0 saturated carbocycles. The lowest BCUT2D eigenvalue weighted by atomic mass is 9.90. The van der Waals surface area contributed by atoms with Crippen LogP contribution >= 0.6 is 0 Å². The number of hydrogen-bond donors (Lipinski definition) is 1. The van der Waals surface area contributed by atoms with Crippen molar-refractivity contribution in [3.05, 3.63) is 235 Å². The van der Waals surface area contributed by atoms with E-state index in [2.05, 4.69) is 188 Å². The maximum atomic E-state index is 6.56. The molecule has 13 aromatic rings. The van der Waals surface area contributed by atoms with Crippen molar-refractivity contribution in [2.75, 3.05) is 0 Å². The quantitative estimate of drug-likeness (QED) is 0.0936. The Kier molecular flexibility index (Phi) is 10.4. The molecule has 10 aromatic carbocycles. The van der Waals surface area contributed by atoms with Crippen LogP contribution in [0.2, 0.25) is 0 Å². The molecule has 0 aliphatic carbocycles. The Morgan fingerprint density at radius 2 is 1.09 bits per heavy atom. The highest BCUT2D eigenvalue weighted by atomic mass is 16.3. The minimum atomic E-state index is 0.482. The van der Waals surface area contributed by atoms with Crippen LogP contribution in [-0.2, 0) is 6.54 Å². The smallest absolute Gasteiger partial charge is 0.154 e. The van der Waals surface area contributed by atoms with Gasteiger partial charge in [-0.2, -0.15) is 0 Å². The van der Waals surface area contributed by atoms with Crippen molar-refractivity contribution in [3.63, 3.8) is 0 Å². The Morgan fingerprint density at radius 3 is 1.80 bits per heavy atom. The van der Waals surface area contributed by atoms with Crippen molar-refractivity contribution in [3.8, 4) is 16.8 Å². The first-order chi connectivity index (χ1) is 34.6. The van der Waals surface area contributed by atoms with Gasteiger partial charge in [-0.3, -0.25) is 4.99 Å². The molecule has 0 saturated heterocycles. The Labute approximate surface area is 403 Å². The molecule has 0 unspecified atom stereocenters. The number of hydrogen-bond acceptors (Lipinski definition) is 4. The van der Waals surface area contributed by atoms with E-state index in [-0.39, 0.29) is 0 Å². The Morgan fingerprint density at radius 1 is 0.486 bits per heavy atom. The van der Waals surface area contributed by atoms with Crippen LogP contribution in [0.4, 0.5) is 0 Å². The molecule has 332 valence electrons. The molecule has 0 atom stereocenters. The number of aromatic nitrogens is 1. The third-order valence-electron chi connectivity index (χ3n) is 13.5. The van der Waals surface area contributed by atoms with E-state index in [1.54, 1.807) is 0 Å². The molecule has 0 bridgehead atoms. The summed E-state index contributed by atoms with van der Waals surface area (Å²) in [6.45, 7) is 11.3. The van der Waals surface area contributed by atoms with Crippen LogP contribution < -0.4 is 0 Å². The summed E-state index contributed by atoms with van der Waals surface area (Å²) in [5.74, 6) is 0.636. The maximum Gasteiger partial charge on any atom is 0.154 e. The first-order valence-corrected chi connectivity index (χ1v) is 23.2. The molecule has 0 spiro atoms. The van der Waals surface area contributed by atoms with E-state index < -0.39 is 0 Å². The third kappa shape index (κ3) is 6.84. The van der Waals surface area contributed by atoms with E-state index in [0.717, 1.165) is 110 Å². The first-order valence-electron chi connectivity index (χ1n) is 23.2. The van der Waals surface area contributed by atoms with Gasteiger partial charge in [0.1, 0.15) is 22.3 Å². The van der Waals surface area contributed by atoms with E-state index in [1.807, 2.05) is 48.7 Å². The normalized spacial score (nSPS) is 12.0. The predicted molar refractivity (Wildman–Crippen MR) is 297 cm³/mol. The zero-order chi connectivity index (χ0) is 47.3. The topological polar surface area (TPSA) is 79.8 Å². The van der Waals surface area contributed by atoms with Gasteiger partial charge in [-0.1, -0.05) is 159 Å². The molecular formula is C64H44N4O2. The summed E-state index contributed by atoms with van der Waals surface area (Å²) in [5.41, 5.74) is 14.0. The number of amidine groups is 1. The largest absolute Gasteiger partial charge is 0.456 e. The lowest BCUT2D eigenvalue weighted by molar-refractivity contribution is 0.668. The molecule has 0 aliphatic heterocycles. The average molecular weight is 901 g/mol. The summed E-state index contributed by atoms with van der Waals surface area (Å²) in [4.78, 5) is 10.4. The van der Waals surface area contributed by atoms with Gasteiger partial charge in [0, 0.05) is 55.3 Å². The summed E-state index contributed by atoms with van der Waals surface area (Å²) in [7, 11) is 0. The molecule has 3 heterocycles. The van der Waals surface area contributed by atoms with Crippen LogP contribution in [0.5, 0.6) is 0 Å². The number of rotatable bonds is 8. The number of furan rings is 2. The molecule has 13 rings (SSSR count). The van der Waals surface area contributed by atoms with Crippen LogP contribution in [0.1, 0.15) is 27.8 Å². The maximum absolute atomic E-state index is 6.56. The van der Waals surface area contributed by atoms with E-state index in [4.69, 9.17) is 24.2 Å². The number of aliphatic imine (C=N–C) groups is 2. The molecule has 1 N–H and O–H groups in total. The number of nitrogens with zero attached hydrogens (tertiary/aromatic N) is 3. The Hall–Kier alpha value is -9.39. The van der Waals surface area contributed by atoms with Gasteiger partial charge in [0.05, 0.1) is 17.6 Å². The summed E-state index contributed by atoms with van der Waals surface area (Å²) < 4.78 is 15.5. The number of para-hydroxylation sites is 2. The molecule has 0 amide bonds. The Balaban J connectivity index is 0.00000249. The minimum absolute atomic E-state index is 0.482. The molecule has 0 aliphatic rings. The van der Waals surface area contributed by atoms with Gasteiger partial charge in [-0.15, -0.1) is 0 Å². The fourth-order valence-electron chi connectivity index (χ4n) is 10.4. The lowest BCUT2D eigenvalue weighted by Gasteiger charge is -2.14. The molecular weight excluding hydrogens is 857 g/mol. The van der Waals surface area contributed by atoms with Crippen molar-refractivity contribution in [2.24, 2.45) is 9.98 Å². The van der Waals surface area contributed by atoms with Gasteiger partial charge in [-0.05, 0) is 117 Å². The van der Waals surface area contributed by atoms with Crippen molar-refractivity contribution in [1.82, 2.24) is 4.57 Å². The zero-order valence-electron chi connectivity index (χ0n) is 38.2. The standard InChI is InChI=1S/C63H41N3O2.CH3N/c1-3-44-45(4-2)49-31-28-41(35-52(49)48-20-9-8-19-47(44)48)63(64-37-39-16-6-5-7-17-39)65-38-42-18-14-26-59-61(42)53-34-40(29-32-57(53)67-59)46-23-15-27-60-62(46)54-36-43(30-33-58(54)68-60)66-55-24-12-10-21-50(55)51-22-11-13-25-56(51)66;1-2/h3-36,38H,1-2,37H2;2H,1H2. The lowest BCUT2D eigenvalue weighted by Crippen LogP contribution is -2.01. The van der Waals surface area contributed by atoms with Crippen LogP contribution in [0.25, 0.3) is 116 Å². The van der Waals surface area contributed by atoms with Crippen LogP contribution in [-0.4, -0.2) is 23.3 Å². The first kappa shape index (κ1) is 42.0. The van der Waals surface area contributed by atoms with Crippen molar-refractivity contribution < 1.29 is 8.83 Å². The van der Waals surface area contributed by atoms with Crippen LogP contribution in [0.15, 0.2) is 226 Å². The number of benzene rings is 10. The van der Waals surface area contributed by atoms with Gasteiger partial charge in [0.15, 0.2) is 5.84 Å². The van der Waals surface area contributed by atoms with Gasteiger partial charge < -0.3 is 18.8 Å². The molecule has 0 fully saturated rings. The van der Waals surface area contributed by atoms with Gasteiger partial charge in [0.2, 0.25) is 0 Å². The SMILES string of the molecule is C=Cc1c(C=C)c2ccc(C(N=Cc3cccc4oc5ccc(-c6cccc7oc8ccc(-n9c%10ccccc%10c%10ccccc%109)cc8c67)cc5c34)=NCc3ccccc3)cc2c2ccccc12.C=N. The van der Waals surface area contributed by atoms with Crippen molar-refractivity contribution >= 4 is 118 Å². The van der Waals surface area contributed by atoms with Gasteiger partial charge in [-0.25, -0.2) is 4.99 Å². The van der Waals surface area contributed by atoms with E-state index in [0.29, 0.717) is 12.4 Å². The van der Waals surface area contributed by atoms with Gasteiger partial charge in [0.25, 0.3) is 0 Å². The Bertz CT molecular complexity index is 4250. The van der Waals surface area contributed by atoms with E-state index in [1.165, 1.54) is 21.8 Å². The average Bonchev–Trinajstić information content (AvgIpc) is 4.10. The fraction of sp³-hybridized carbons (Fsp3) is 0.0156. The zero-order valence-corrected chi connectivity index (χ0v) is 38.2. The second-order valence-corrected chi connectivity index (χ2v) is 17.3. The number of fused-ring (bicyclic) bond motifs is 12. The second kappa shape index (κ2) is 17.4. The van der Waals surface area contributed by atoms with Crippen molar-refractivity contribution in [1.29, 1.82) is 5.41 Å².